The van der Waals surface area contributed by atoms with Crippen LogP contribution >= 0.6 is 0 Å². The molecule has 0 amide bonds. The third-order valence-corrected chi connectivity index (χ3v) is 6.52. The summed E-state index contributed by atoms with van der Waals surface area (Å²) in [4.78, 5) is 23.1. The molecule has 0 bridgehead atoms. The van der Waals surface area contributed by atoms with Gasteiger partial charge in [0.2, 0.25) is 0 Å². The Balaban J connectivity index is 2.16. The Kier molecular flexibility index (Phi) is 8.92. The predicted octanol–water partition coefficient (Wildman–Crippen LogP) is 3.70. The van der Waals surface area contributed by atoms with Crippen LogP contribution < -0.4 is 0 Å². The topological polar surface area (TPSA) is 124 Å². The van der Waals surface area contributed by atoms with E-state index in [2.05, 4.69) is 6.92 Å². The number of carboxylic acids is 1. The highest BCUT2D eigenvalue weighted by molar-refractivity contribution is 5.73. The maximum absolute atomic E-state index is 12.4. The normalized spacial score (nSPS) is 27.0. The molecular weight excluding hydrogens is 388 g/mol. The van der Waals surface area contributed by atoms with Crippen molar-refractivity contribution in [1.82, 2.24) is 0 Å². The van der Waals surface area contributed by atoms with Gasteiger partial charge in [0, 0.05) is 12.5 Å². The van der Waals surface area contributed by atoms with Gasteiger partial charge in [0.1, 0.15) is 5.76 Å². The SMILES string of the molecule is CCC(C)C(=O)OC1=C2C(CCC(C)C2CCC(O)CC(O)CC(=O)O)CC(O)=C1. The van der Waals surface area contributed by atoms with E-state index in [0.717, 1.165) is 18.4 Å². The first-order valence-electron chi connectivity index (χ1n) is 11.0. The Labute approximate surface area is 178 Å². The molecule has 1 saturated carbocycles. The molecule has 7 nitrogen and oxygen atoms in total. The average Bonchev–Trinajstić information content (AvgIpc) is 2.65. The van der Waals surface area contributed by atoms with Gasteiger partial charge in [-0.2, -0.15) is 0 Å². The van der Waals surface area contributed by atoms with E-state index in [9.17, 15) is 24.9 Å². The van der Waals surface area contributed by atoms with Gasteiger partial charge in [-0.05, 0) is 61.9 Å². The van der Waals surface area contributed by atoms with Crippen molar-refractivity contribution in [2.24, 2.45) is 23.7 Å². The molecule has 0 saturated heterocycles. The number of esters is 1. The number of carbonyl (C=O) groups is 2. The zero-order valence-electron chi connectivity index (χ0n) is 18.2. The van der Waals surface area contributed by atoms with Crippen LogP contribution in [0.15, 0.2) is 23.2 Å². The number of aliphatic hydroxyl groups is 3. The largest absolute Gasteiger partial charge is 0.512 e. The van der Waals surface area contributed by atoms with Crippen LogP contribution in [0.4, 0.5) is 0 Å². The second-order valence-electron chi connectivity index (χ2n) is 8.97. The summed E-state index contributed by atoms with van der Waals surface area (Å²) in [5, 5.41) is 39.0. The Hall–Kier alpha value is -1.86. The van der Waals surface area contributed by atoms with Crippen molar-refractivity contribution in [3.8, 4) is 0 Å². The molecule has 0 heterocycles. The smallest absolute Gasteiger partial charge is 0.314 e. The number of fused-ring (bicyclic) bond motifs is 1. The van der Waals surface area contributed by atoms with Crippen LogP contribution in [0, 0.1) is 23.7 Å². The quantitative estimate of drug-likeness (QED) is 0.394. The lowest BCUT2D eigenvalue weighted by atomic mass is 9.66. The zero-order chi connectivity index (χ0) is 22.4. The average molecular weight is 425 g/mol. The van der Waals surface area contributed by atoms with E-state index < -0.39 is 18.2 Å². The molecule has 0 aromatic heterocycles. The molecule has 0 aliphatic heterocycles. The minimum Gasteiger partial charge on any atom is -0.512 e. The molecule has 0 radical (unpaired) electrons. The van der Waals surface area contributed by atoms with E-state index in [1.165, 1.54) is 0 Å². The van der Waals surface area contributed by atoms with Crippen LogP contribution in [0.25, 0.3) is 0 Å². The number of carbonyl (C=O) groups excluding carboxylic acids is 1. The highest BCUT2D eigenvalue weighted by Crippen LogP contribution is 2.47. The number of hydrogen-bond acceptors (Lipinski definition) is 6. The lowest BCUT2D eigenvalue weighted by molar-refractivity contribution is -0.143. The molecule has 6 atom stereocenters. The summed E-state index contributed by atoms with van der Waals surface area (Å²) in [6.45, 7) is 5.88. The van der Waals surface area contributed by atoms with Gasteiger partial charge in [-0.3, -0.25) is 9.59 Å². The van der Waals surface area contributed by atoms with E-state index in [0.29, 0.717) is 37.4 Å². The Morgan fingerprint density at radius 3 is 2.57 bits per heavy atom. The highest BCUT2D eigenvalue weighted by Gasteiger charge is 2.38. The summed E-state index contributed by atoms with van der Waals surface area (Å²) in [6, 6.07) is 0. The molecule has 7 heteroatoms. The maximum atomic E-state index is 12.4. The number of allylic oxidation sites excluding steroid dienone is 3. The molecule has 2 aliphatic carbocycles. The molecule has 170 valence electrons. The molecule has 2 rings (SSSR count). The van der Waals surface area contributed by atoms with E-state index in [-0.39, 0.29) is 42.3 Å². The van der Waals surface area contributed by atoms with Crippen molar-refractivity contribution in [3.05, 3.63) is 23.2 Å². The highest BCUT2D eigenvalue weighted by atomic mass is 16.5. The Morgan fingerprint density at radius 2 is 1.93 bits per heavy atom. The molecular formula is C23H36O7. The molecule has 4 N–H and O–H groups in total. The van der Waals surface area contributed by atoms with Gasteiger partial charge in [-0.15, -0.1) is 0 Å². The second kappa shape index (κ2) is 11.0. The Bertz CT molecular complexity index is 681. The van der Waals surface area contributed by atoms with Gasteiger partial charge >= 0.3 is 11.9 Å². The van der Waals surface area contributed by atoms with Gasteiger partial charge in [-0.1, -0.05) is 20.8 Å². The van der Waals surface area contributed by atoms with E-state index in [1.807, 2.05) is 13.8 Å². The lowest BCUT2D eigenvalue weighted by Crippen LogP contribution is -2.31. The first-order valence-corrected chi connectivity index (χ1v) is 11.0. The first kappa shape index (κ1) is 24.4. The number of ether oxygens (including phenoxy) is 1. The first-order chi connectivity index (χ1) is 14.1. The minimum atomic E-state index is -1.09. The van der Waals surface area contributed by atoms with E-state index in [4.69, 9.17) is 9.84 Å². The molecule has 30 heavy (non-hydrogen) atoms. The summed E-state index contributed by atoms with van der Waals surface area (Å²) >= 11 is 0. The Morgan fingerprint density at radius 1 is 1.23 bits per heavy atom. The molecule has 0 aromatic rings. The number of hydrogen-bond donors (Lipinski definition) is 4. The van der Waals surface area contributed by atoms with Gasteiger partial charge < -0.3 is 25.2 Å². The van der Waals surface area contributed by atoms with Crippen LogP contribution in [-0.2, 0) is 14.3 Å². The second-order valence-corrected chi connectivity index (χ2v) is 8.97. The third-order valence-electron chi connectivity index (χ3n) is 6.52. The number of aliphatic carboxylic acids is 1. The van der Waals surface area contributed by atoms with Crippen LogP contribution in [0.2, 0.25) is 0 Å². The molecule has 6 unspecified atom stereocenters. The zero-order valence-corrected chi connectivity index (χ0v) is 18.2. The minimum absolute atomic E-state index is 0.0203. The molecule has 0 aromatic carbocycles. The van der Waals surface area contributed by atoms with E-state index in [1.54, 1.807) is 6.08 Å². The van der Waals surface area contributed by atoms with Gasteiger partial charge in [0.25, 0.3) is 0 Å². The maximum Gasteiger partial charge on any atom is 0.314 e. The lowest BCUT2D eigenvalue weighted by Gasteiger charge is -2.40. The van der Waals surface area contributed by atoms with Crippen LogP contribution in [0.5, 0.6) is 0 Å². The molecule has 2 aliphatic rings. The summed E-state index contributed by atoms with van der Waals surface area (Å²) < 4.78 is 5.71. The van der Waals surface area contributed by atoms with Crippen LogP contribution in [0.3, 0.4) is 0 Å². The van der Waals surface area contributed by atoms with Crippen molar-refractivity contribution in [3.63, 3.8) is 0 Å². The number of aliphatic hydroxyl groups excluding tert-OH is 3. The van der Waals surface area contributed by atoms with Crippen molar-refractivity contribution in [1.29, 1.82) is 0 Å². The van der Waals surface area contributed by atoms with Crippen molar-refractivity contribution in [2.75, 3.05) is 0 Å². The standard InChI is InChI=1S/C23H36O7/c1-4-13(2)23(29)30-20-11-17(25)9-15-6-5-14(3)19(22(15)20)8-7-16(24)10-18(26)12-21(27)28/h11,13-16,18-19,24-26H,4-10,12H2,1-3H3,(H,27,28). The predicted molar refractivity (Wildman–Crippen MR) is 111 cm³/mol. The number of rotatable bonds is 10. The van der Waals surface area contributed by atoms with E-state index >= 15 is 0 Å². The summed E-state index contributed by atoms with van der Waals surface area (Å²) in [5.74, 6) is -0.412. The van der Waals surface area contributed by atoms with Crippen LogP contribution in [-0.4, -0.2) is 44.6 Å². The fourth-order valence-electron chi connectivity index (χ4n) is 4.56. The van der Waals surface area contributed by atoms with Crippen molar-refractivity contribution in [2.45, 2.75) is 84.3 Å². The van der Waals surface area contributed by atoms with Gasteiger partial charge in [0.05, 0.1) is 30.3 Å². The number of carboxylic acid groups (broad SMARTS) is 1. The van der Waals surface area contributed by atoms with Crippen molar-refractivity contribution >= 4 is 11.9 Å². The van der Waals surface area contributed by atoms with Gasteiger partial charge in [-0.25, -0.2) is 0 Å². The molecule has 0 spiro atoms. The fourth-order valence-corrected chi connectivity index (χ4v) is 4.56. The van der Waals surface area contributed by atoms with Crippen LogP contribution in [0.1, 0.15) is 72.1 Å². The fraction of sp³-hybridized carbons (Fsp3) is 0.739. The summed E-state index contributed by atoms with van der Waals surface area (Å²) in [7, 11) is 0. The third kappa shape index (κ3) is 6.57. The molecule has 1 fully saturated rings. The van der Waals surface area contributed by atoms with Crippen molar-refractivity contribution < 1.29 is 34.8 Å². The monoisotopic (exact) mass is 424 g/mol. The summed E-state index contributed by atoms with van der Waals surface area (Å²) in [6.07, 6.45) is 3.48. The van der Waals surface area contributed by atoms with Gasteiger partial charge in [0.15, 0.2) is 0 Å². The summed E-state index contributed by atoms with van der Waals surface area (Å²) in [5.41, 5.74) is 1.04.